The van der Waals surface area contributed by atoms with E-state index in [9.17, 15) is 9.35 Å². The highest BCUT2D eigenvalue weighted by molar-refractivity contribution is 7.90. The summed E-state index contributed by atoms with van der Waals surface area (Å²) in [7, 11) is 0. The van der Waals surface area contributed by atoms with Crippen LogP contribution in [-0.2, 0) is 20.9 Å². The second kappa shape index (κ2) is 8.25. The van der Waals surface area contributed by atoms with E-state index in [0.29, 0.717) is 10.6 Å². The molecule has 1 N–H and O–H groups in total. The molecule has 0 spiro atoms. The molecular formula is C18H25ClFNO3S. The van der Waals surface area contributed by atoms with Gasteiger partial charge in [-0.15, -0.1) is 4.72 Å². The van der Waals surface area contributed by atoms with E-state index < -0.39 is 28.1 Å². The fourth-order valence-corrected chi connectivity index (χ4v) is 3.54. The zero-order valence-electron chi connectivity index (χ0n) is 15.0. The predicted octanol–water partition coefficient (Wildman–Crippen LogP) is 4.40. The molecule has 1 fully saturated rings. The van der Waals surface area contributed by atoms with Crippen molar-refractivity contribution in [3.63, 3.8) is 0 Å². The Hall–Kier alpha value is -0.820. The summed E-state index contributed by atoms with van der Waals surface area (Å²) in [5, 5.41) is 0.412. The lowest BCUT2D eigenvalue weighted by Gasteiger charge is -2.28. The highest BCUT2D eigenvalue weighted by Gasteiger charge is 2.35. The van der Waals surface area contributed by atoms with Gasteiger partial charge in [0.25, 0.3) is 0 Å². The monoisotopic (exact) mass is 389 g/mol. The van der Waals surface area contributed by atoms with E-state index in [1.165, 1.54) is 6.07 Å². The summed E-state index contributed by atoms with van der Waals surface area (Å²) >= 11 is 4.70. The third-order valence-corrected chi connectivity index (χ3v) is 5.80. The summed E-state index contributed by atoms with van der Waals surface area (Å²) in [6.07, 6.45) is 1.75. The summed E-state index contributed by atoms with van der Waals surface area (Å²) in [5.74, 6) is -0.674. The average molecular weight is 390 g/mol. The molecule has 0 heterocycles. The molecule has 0 aliphatic heterocycles. The first-order chi connectivity index (χ1) is 11.6. The number of benzene rings is 1. The maximum Gasteiger partial charge on any atom is 0.307 e. The molecule has 25 heavy (non-hydrogen) atoms. The molecule has 2 rings (SSSR count). The number of halogens is 2. The average Bonchev–Trinajstić information content (AvgIpc) is 3.32. The molecular weight excluding hydrogens is 365 g/mol. The summed E-state index contributed by atoms with van der Waals surface area (Å²) < 4.78 is 34.9. The van der Waals surface area contributed by atoms with Gasteiger partial charge in [0, 0.05) is 21.9 Å². The van der Waals surface area contributed by atoms with Gasteiger partial charge in [-0.25, -0.2) is 4.39 Å². The number of hydrogen-bond donors (Lipinski definition) is 1. The van der Waals surface area contributed by atoms with Crippen LogP contribution in [0.15, 0.2) is 12.1 Å². The minimum Gasteiger partial charge on any atom is -0.598 e. The summed E-state index contributed by atoms with van der Waals surface area (Å²) in [5.41, 5.74) is 0.833. The number of esters is 1. The Morgan fingerprint density at radius 2 is 2.12 bits per heavy atom. The van der Waals surface area contributed by atoms with Crippen LogP contribution in [0.1, 0.15) is 70.0 Å². The predicted molar refractivity (Wildman–Crippen MR) is 98.4 cm³/mol. The van der Waals surface area contributed by atoms with Crippen LogP contribution in [0.3, 0.4) is 0 Å². The number of carbonyl (C=O) groups is 1. The molecule has 140 valence electrons. The molecule has 1 aromatic rings. The van der Waals surface area contributed by atoms with Crippen LogP contribution in [0.5, 0.6) is 0 Å². The molecule has 4 nitrogen and oxygen atoms in total. The van der Waals surface area contributed by atoms with Crippen LogP contribution in [0, 0.1) is 5.82 Å². The van der Waals surface area contributed by atoms with Crippen LogP contribution in [-0.4, -0.2) is 21.9 Å². The number of nitrogens with one attached hydrogen (secondary N) is 1. The Labute approximate surface area is 156 Å². The van der Waals surface area contributed by atoms with E-state index >= 15 is 4.39 Å². The highest BCUT2D eigenvalue weighted by atomic mass is 35.5. The highest BCUT2D eigenvalue weighted by Crippen LogP contribution is 2.44. The zero-order valence-corrected chi connectivity index (χ0v) is 16.6. The van der Waals surface area contributed by atoms with Crippen molar-refractivity contribution in [3.05, 3.63) is 34.1 Å². The van der Waals surface area contributed by atoms with Crippen molar-refractivity contribution in [2.45, 2.75) is 63.7 Å². The van der Waals surface area contributed by atoms with Crippen molar-refractivity contribution in [1.82, 2.24) is 4.72 Å². The van der Waals surface area contributed by atoms with Crippen LogP contribution in [0.4, 0.5) is 4.39 Å². The maximum atomic E-state index is 15.0. The smallest absolute Gasteiger partial charge is 0.307 e. The lowest BCUT2D eigenvalue weighted by molar-refractivity contribution is -0.143. The Bertz CT molecular complexity index is 631. The van der Waals surface area contributed by atoms with Gasteiger partial charge in [0.1, 0.15) is 10.6 Å². The third kappa shape index (κ3) is 5.58. The van der Waals surface area contributed by atoms with Gasteiger partial charge in [0.15, 0.2) is 0 Å². The van der Waals surface area contributed by atoms with E-state index in [-0.39, 0.29) is 30.3 Å². The molecule has 0 bridgehead atoms. The molecule has 1 saturated carbocycles. The van der Waals surface area contributed by atoms with Gasteiger partial charge in [0.05, 0.1) is 19.1 Å². The molecule has 7 heteroatoms. The van der Waals surface area contributed by atoms with Gasteiger partial charge < -0.3 is 9.29 Å². The van der Waals surface area contributed by atoms with Gasteiger partial charge in [-0.1, -0.05) is 11.6 Å². The Morgan fingerprint density at radius 1 is 1.48 bits per heavy atom. The van der Waals surface area contributed by atoms with Crippen molar-refractivity contribution in [2.75, 3.05) is 6.61 Å². The largest absolute Gasteiger partial charge is 0.598 e. The van der Waals surface area contributed by atoms with Crippen LogP contribution in [0.2, 0.25) is 5.02 Å². The third-order valence-electron chi connectivity index (χ3n) is 3.97. The minimum atomic E-state index is -1.47. The number of hydrogen-bond acceptors (Lipinski definition) is 4. The molecule has 2 atom stereocenters. The fourth-order valence-electron chi connectivity index (χ4n) is 2.48. The lowest BCUT2D eigenvalue weighted by Crippen LogP contribution is -2.42. The number of rotatable bonds is 7. The SMILES string of the molecule is CCOC(=O)C[C@H](N[S@@+]([O-])C(C)(C)C)c1cc(Cl)cc(C2CC2)c1F. The summed E-state index contributed by atoms with van der Waals surface area (Å²) in [6, 6.07) is 2.37. The molecule has 1 aliphatic rings. The van der Waals surface area contributed by atoms with Crippen LogP contribution in [0.25, 0.3) is 0 Å². The second-order valence-corrected chi connectivity index (χ2v) is 9.67. The van der Waals surface area contributed by atoms with Crippen LogP contribution < -0.4 is 4.72 Å². The van der Waals surface area contributed by atoms with Crippen molar-refractivity contribution < 1.29 is 18.5 Å². The Kier molecular flexibility index (Phi) is 6.76. The molecule has 1 aromatic carbocycles. The van der Waals surface area contributed by atoms with Crippen molar-refractivity contribution in [3.8, 4) is 0 Å². The van der Waals surface area contributed by atoms with Crippen LogP contribution >= 0.6 is 11.6 Å². The number of carbonyl (C=O) groups excluding carboxylic acids is 1. The second-order valence-electron chi connectivity index (χ2n) is 7.23. The van der Waals surface area contributed by atoms with E-state index in [4.69, 9.17) is 16.3 Å². The molecule has 0 radical (unpaired) electrons. The van der Waals surface area contributed by atoms with E-state index in [1.54, 1.807) is 13.0 Å². The van der Waals surface area contributed by atoms with Crippen molar-refractivity contribution >= 4 is 28.9 Å². The molecule has 0 unspecified atom stereocenters. The van der Waals surface area contributed by atoms with E-state index in [1.807, 2.05) is 20.8 Å². The van der Waals surface area contributed by atoms with Gasteiger partial charge in [-0.3, -0.25) is 4.79 Å². The fraction of sp³-hybridized carbons (Fsp3) is 0.611. The Morgan fingerprint density at radius 3 is 2.64 bits per heavy atom. The Balaban J connectivity index is 2.35. The first-order valence-corrected chi connectivity index (χ1v) is 9.98. The van der Waals surface area contributed by atoms with Crippen molar-refractivity contribution in [1.29, 1.82) is 0 Å². The normalized spacial score (nSPS) is 17.2. The number of ether oxygens (including phenoxy) is 1. The zero-order chi connectivity index (χ0) is 18.8. The van der Waals surface area contributed by atoms with Gasteiger partial charge in [-0.2, -0.15) is 0 Å². The van der Waals surface area contributed by atoms with E-state index in [2.05, 4.69) is 4.72 Å². The lowest BCUT2D eigenvalue weighted by atomic mass is 9.99. The first-order valence-electron chi connectivity index (χ1n) is 8.46. The molecule has 1 aliphatic carbocycles. The van der Waals surface area contributed by atoms with Gasteiger partial charge >= 0.3 is 5.97 Å². The van der Waals surface area contributed by atoms with Crippen molar-refractivity contribution in [2.24, 2.45) is 0 Å². The van der Waals surface area contributed by atoms with Gasteiger partial charge in [0.2, 0.25) is 0 Å². The van der Waals surface area contributed by atoms with E-state index in [0.717, 1.165) is 12.8 Å². The molecule has 0 saturated heterocycles. The minimum absolute atomic E-state index is 0.114. The topological polar surface area (TPSA) is 61.4 Å². The summed E-state index contributed by atoms with van der Waals surface area (Å²) in [4.78, 5) is 12.0. The van der Waals surface area contributed by atoms with Gasteiger partial charge in [-0.05, 0) is 64.2 Å². The quantitative estimate of drug-likeness (QED) is 0.554. The standard InChI is InChI=1S/C18H25ClFNO3S/c1-5-24-16(22)10-15(21-25(23)18(2,3)4)14-9-12(19)8-13(17(14)20)11-6-7-11/h8-9,11,15,21H,5-7,10H2,1-4H3/t15-,25-/m0/s1. The molecule has 0 aromatic heterocycles. The molecule has 0 amide bonds. The maximum absolute atomic E-state index is 15.0. The first kappa shape index (κ1) is 20.5. The summed E-state index contributed by atoms with van der Waals surface area (Å²) in [6.45, 7) is 7.36.